The summed E-state index contributed by atoms with van der Waals surface area (Å²) in [4.78, 5) is 24.3. The standard InChI is InChI=1S/C16H21N3O3S/c1-10(2)19-14(7-11(3)18-19)17-15(20)8-12(9-16(21)22)13-5-4-6-23-13/h4-7,10,12H,8-9H2,1-3H3,(H,17,20)(H,21,22). The number of nitrogens with one attached hydrogen (secondary N) is 1. The first-order chi connectivity index (χ1) is 10.9. The van der Waals surface area contributed by atoms with Crippen LogP contribution in [0.3, 0.4) is 0 Å². The van der Waals surface area contributed by atoms with E-state index in [1.54, 1.807) is 4.68 Å². The van der Waals surface area contributed by atoms with Crippen molar-refractivity contribution < 1.29 is 14.7 Å². The fourth-order valence-corrected chi connectivity index (χ4v) is 3.26. The highest BCUT2D eigenvalue weighted by Crippen LogP contribution is 2.28. The van der Waals surface area contributed by atoms with Gasteiger partial charge in [-0.15, -0.1) is 11.3 Å². The van der Waals surface area contributed by atoms with Gasteiger partial charge in [-0.3, -0.25) is 9.59 Å². The average molecular weight is 335 g/mol. The second kappa shape index (κ2) is 7.41. The highest BCUT2D eigenvalue weighted by atomic mass is 32.1. The molecule has 124 valence electrons. The molecule has 2 aromatic rings. The summed E-state index contributed by atoms with van der Waals surface area (Å²) in [5, 5.41) is 18.2. The van der Waals surface area contributed by atoms with Gasteiger partial charge in [-0.25, -0.2) is 4.68 Å². The van der Waals surface area contributed by atoms with Crippen molar-refractivity contribution in [2.75, 3.05) is 5.32 Å². The first kappa shape index (κ1) is 17.2. The van der Waals surface area contributed by atoms with Crippen molar-refractivity contribution in [3.8, 4) is 0 Å². The van der Waals surface area contributed by atoms with E-state index in [2.05, 4.69) is 10.4 Å². The fourth-order valence-electron chi connectivity index (χ4n) is 2.43. The Morgan fingerprint density at radius 2 is 2.13 bits per heavy atom. The normalized spacial score (nSPS) is 12.3. The van der Waals surface area contributed by atoms with Gasteiger partial charge in [0.15, 0.2) is 0 Å². The van der Waals surface area contributed by atoms with Gasteiger partial charge in [0.25, 0.3) is 0 Å². The van der Waals surface area contributed by atoms with Gasteiger partial charge in [0.05, 0.1) is 12.1 Å². The highest BCUT2D eigenvalue weighted by Gasteiger charge is 2.21. The number of carboxylic acids is 1. The minimum atomic E-state index is -0.903. The number of hydrogen-bond donors (Lipinski definition) is 2. The van der Waals surface area contributed by atoms with Gasteiger partial charge >= 0.3 is 5.97 Å². The maximum atomic E-state index is 12.3. The maximum Gasteiger partial charge on any atom is 0.304 e. The van der Waals surface area contributed by atoms with Crippen LogP contribution in [0.25, 0.3) is 0 Å². The van der Waals surface area contributed by atoms with Crippen LogP contribution in [0.15, 0.2) is 23.6 Å². The Morgan fingerprint density at radius 3 is 2.70 bits per heavy atom. The minimum absolute atomic E-state index is 0.0591. The second-order valence-electron chi connectivity index (χ2n) is 5.77. The molecular formula is C16H21N3O3S. The molecule has 0 fully saturated rings. The van der Waals surface area contributed by atoms with Crippen LogP contribution in [0.2, 0.25) is 0 Å². The third-order valence-corrected chi connectivity index (χ3v) is 4.45. The molecule has 0 saturated heterocycles. The molecule has 0 spiro atoms. The first-order valence-electron chi connectivity index (χ1n) is 7.48. The summed E-state index contributed by atoms with van der Waals surface area (Å²) in [6.07, 6.45) is 0.0749. The number of aliphatic carboxylic acids is 1. The molecule has 6 nitrogen and oxygen atoms in total. The van der Waals surface area contributed by atoms with E-state index in [0.717, 1.165) is 10.6 Å². The van der Waals surface area contributed by atoms with Gasteiger partial charge in [-0.2, -0.15) is 5.10 Å². The fraction of sp³-hybridized carbons (Fsp3) is 0.438. The average Bonchev–Trinajstić information content (AvgIpc) is 3.07. The number of amides is 1. The van der Waals surface area contributed by atoms with E-state index in [4.69, 9.17) is 5.11 Å². The zero-order valence-electron chi connectivity index (χ0n) is 13.4. The van der Waals surface area contributed by atoms with E-state index in [-0.39, 0.29) is 30.7 Å². The van der Waals surface area contributed by atoms with Crippen molar-refractivity contribution in [1.82, 2.24) is 9.78 Å². The Hall–Kier alpha value is -2.15. The van der Waals surface area contributed by atoms with Crippen molar-refractivity contribution in [2.24, 2.45) is 0 Å². The number of carboxylic acid groups (broad SMARTS) is 1. The first-order valence-corrected chi connectivity index (χ1v) is 8.36. The van der Waals surface area contributed by atoms with Crippen LogP contribution in [0.4, 0.5) is 5.82 Å². The van der Waals surface area contributed by atoms with E-state index in [1.807, 2.05) is 44.4 Å². The second-order valence-corrected chi connectivity index (χ2v) is 6.75. The highest BCUT2D eigenvalue weighted by molar-refractivity contribution is 7.10. The van der Waals surface area contributed by atoms with Gasteiger partial charge < -0.3 is 10.4 Å². The van der Waals surface area contributed by atoms with Crippen molar-refractivity contribution in [2.45, 2.75) is 45.6 Å². The van der Waals surface area contributed by atoms with Crippen LogP contribution in [0.1, 0.15) is 49.2 Å². The molecule has 23 heavy (non-hydrogen) atoms. The number of carbonyl (C=O) groups is 2. The molecule has 2 N–H and O–H groups in total. The zero-order chi connectivity index (χ0) is 17.0. The van der Waals surface area contributed by atoms with Crippen molar-refractivity contribution in [3.63, 3.8) is 0 Å². The molecule has 0 radical (unpaired) electrons. The van der Waals surface area contributed by atoms with Crippen molar-refractivity contribution >= 4 is 29.0 Å². The number of aryl methyl sites for hydroxylation is 1. The number of anilines is 1. The topological polar surface area (TPSA) is 84.2 Å². The molecule has 0 saturated carbocycles. The monoisotopic (exact) mass is 335 g/mol. The summed E-state index contributed by atoms with van der Waals surface area (Å²) in [7, 11) is 0. The van der Waals surface area contributed by atoms with Gasteiger partial charge in [0, 0.05) is 29.3 Å². The number of rotatable bonds is 7. The van der Waals surface area contributed by atoms with Crippen LogP contribution in [0.5, 0.6) is 0 Å². The molecule has 0 aliphatic rings. The van der Waals surface area contributed by atoms with E-state index < -0.39 is 5.97 Å². The molecule has 0 aliphatic heterocycles. The zero-order valence-corrected chi connectivity index (χ0v) is 14.3. The van der Waals surface area contributed by atoms with Gasteiger partial charge in [-0.05, 0) is 32.2 Å². The summed E-state index contributed by atoms with van der Waals surface area (Å²) >= 11 is 1.47. The third kappa shape index (κ3) is 4.66. The smallest absolute Gasteiger partial charge is 0.304 e. The number of hydrogen-bond acceptors (Lipinski definition) is 4. The Bertz CT molecular complexity index is 677. The SMILES string of the molecule is Cc1cc(NC(=O)CC(CC(=O)O)c2cccs2)n(C(C)C)n1. The van der Waals surface area contributed by atoms with E-state index in [0.29, 0.717) is 5.82 Å². The Kier molecular flexibility index (Phi) is 5.54. The molecule has 1 atom stereocenters. The van der Waals surface area contributed by atoms with E-state index in [9.17, 15) is 9.59 Å². The number of thiophene rings is 1. The lowest BCUT2D eigenvalue weighted by Crippen LogP contribution is -2.19. The minimum Gasteiger partial charge on any atom is -0.481 e. The maximum absolute atomic E-state index is 12.3. The number of nitrogens with zero attached hydrogens (tertiary/aromatic N) is 2. The molecule has 1 amide bonds. The summed E-state index contributed by atoms with van der Waals surface area (Å²) in [6, 6.07) is 5.68. The van der Waals surface area contributed by atoms with E-state index in [1.165, 1.54) is 11.3 Å². The predicted molar refractivity (Wildman–Crippen MR) is 89.9 cm³/mol. The Morgan fingerprint density at radius 1 is 1.39 bits per heavy atom. The van der Waals surface area contributed by atoms with Crippen LogP contribution in [-0.4, -0.2) is 26.8 Å². The van der Waals surface area contributed by atoms with Gasteiger partial charge in [0.2, 0.25) is 5.91 Å². The molecule has 2 aromatic heterocycles. The summed E-state index contributed by atoms with van der Waals surface area (Å²) in [5.41, 5.74) is 0.828. The lowest BCUT2D eigenvalue weighted by Gasteiger charge is -2.15. The van der Waals surface area contributed by atoms with Crippen LogP contribution in [-0.2, 0) is 9.59 Å². The van der Waals surface area contributed by atoms with Gasteiger partial charge in [0.1, 0.15) is 5.82 Å². The number of carbonyl (C=O) groups excluding carboxylic acids is 1. The molecule has 7 heteroatoms. The summed E-state index contributed by atoms with van der Waals surface area (Å²) < 4.78 is 1.75. The quantitative estimate of drug-likeness (QED) is 0.812. The van der Waals surface area contributed by atoms with Crippen LogP contribution in [0, 0.1) is 6.92 Å². The Balaban J connectivity index is 2.09. The molecule has 2 heterocycles. The van der Waals surface area contributed by atoms with Gasteiger partial charge in [-0.1, -0.05) is 6.07 Å². The largest absolute Gasteiger partial charge is 0.481 e. The molecule has 0 aliphatic carbocycles. The van der Waals surface area contributed by atoms with E-state index >= 15 is 0 Å². The molecule has 0 aromatic carbocycles. The van der Waals surface area contributed by atoms with Crippen LogP contribution < -0.4 is 5.32 Å². The summed E-state index contributed by atoms with van der Waals surface area (Å²) in [6.45, 7) is 5.84. The lowest BCUT2D eigenvalue weighted by molar-refractivity contribution is -0.137. The molecule has 2 rings (SSSR count). The lowest BCUT2D eigenvalue weighted by atomic mass is 9.99. The molecule has 0 bridgehead atoms. The van der Waals surface area contributed by atoms with Crippen molar-refractivity contribution in [1.29, 1.82) is 0 Å². The third-order valence-electron chi connectivity index (χ3n) is 3.41. The Labute approximate surface area is 139 Å². The molecule has 1 unspecified atom stereocenters. The molecular weight excluding hydrogens is 314 g/mol. The number of aromatic nitrogens is 2. The van der Waals surface area contributed by atoms with Crippen molar-refractivity contribution in [3.05, 3.63) is 34.2 Å². The van der Waals surface area contributed by atoms with Crippen LogP contribution >= 0.6 is 11.3 Å². The predicted octanol–water partition coefficient (Wildman–Crippen LogP) is 3.42. The summed E-state index contributed by atoms with van der Waals surface area (Å²) in [5.74, 6) is -0.780.